The number of aromatic nitrogens is 4. The lowest BCUT2D eigenvalue weighted by molar-refractivity contribution is -0.137. The first kappa shape index (κ1) is 21.4. The molecule has 8 heteroatoms. The standard InChI is InChI=1S/C24H34N6O2/c31-16-15-30-22(21-9-6-14-29(21)23(32)18-7-2-1-3-8-18)19(17-26-30)20-10-11-25-24(27-20)28-12-4-5-13-28/h10-11,17-18,21,31H,1-9,12-16H2/t21-/m1/s1. The minimum Gasteiger partial charge on any atom is -0.394 e. The van der Waals surface area contributed by atoms with Crippen LogP contribution in [0.1, 0.15) is 69.5 Å². The summed E-state index contributed by atoms with van der Waals surface area (Å²) in [6, 6.07) is 1.92. The first-order valence-corrected chi connectivity index (χ1v) is 12.3. The fourth-order valence-corrected chi connectivity index (χ4v) is 5.68. The summed E-state index contributed by atoms with van der Waals surface area (Å²) in [5.41, 5.74) is 2.81. The van der Waals surface area contributed by atoms with Crippen LogP contribution in [-0.2, 0) is 11.3 Å². The van der Waals surface area contributed by atoms with Gasteiger partial charge in [0.05, 0.1) is 36.8 Å². The van der Waals surface area contributed by atoms with Gasteiger partial charge in [0.2, 0.25) is 11.9 Å². The summed E-state index contributed by atoms with van der Waals surface area (Å²) in [5, 5.41) is 14.3. The van der Waals surface area contributed by atoms with Gasteiger partial charge in [0.25, 0.3) is 0 Å². The molecule has 5 rings (SSSR count). The Morgan fingerprint density at radius 3 is 2.62 bits per heavy atom. The second-order valence-electron chi connectivity index (χ2n) is 9.35. The Morgan fingerprint density at radius 2 is 1.84 bits per heavy atom. The summed E-state index contributed by atoms with van der Waals surface area (Å²) in [6.45, 7) is 3.22. The van der Waals surface area contributed by atoms with Crippen molar-refractivity contribution >= 4 is 11.9 Å². The molecule has 2 aromatic rings. The zero-order valence-electron chi connectivity index (χ0n) is 18.8. The summed E-state index contributed by atoms with van der Waals surface area (Å²) >= 11 is 0. The van der Waals surface area contributed by atoms with Crippen LogP contribution in [0.3, 0.4) is 0 Å². The lowest BCUT2D eigenvalue weighted by Gasteiger charge is -2.31. The van der Waals surface area contributed by atoms with E-state index in [2.05, 4.69) is 19.9 Å². The monoisotopic (exact) mass is 438 g/mol. The molecule has 0 radical (unpaired) electrons. The number of hydrogen-bond donors (Lipinski definition) is 1. The maximum Gasteiger partial charge on any atom is 0.226 e. The molecule has 1 amide bonds. The van der Waals surface area contributed by atoms with Gasteiger partial charge in [-0.2, -0.15) is 5.10 Å². The predicted octanol–water partition coefficient (Wildman–Crippen LogP) is 3.18. The number of aliphatic hydroxyl groups excluding tert-OH is 1. The van der Waals surface area contributed by atoms with E-state index in [0.29, 0.717) is 12.5 Å². The molecule has 172 valence electrons. The predicted molar refractivity (Wildman–Crippen MR) is 122 cm³/mol. The van der Waals surface area contributed by atoms with E-state index >= 15 is 0 Å². The first-order chi connectivity index (χ1) is 15.8. The van der Waals surface area contributed by atoms with E-state index in [-0.39, 0.29) is 18.6 Å². The summed E-state index contributed by atoms with van der Waals surface area (Å²) in [7, 11) is 0. The van der Waals surface area contributed by atoms with Crippen molar-refractivity contribution in [2.24, 2.45) is 5.92 Å². The van der Waals surface area contributed by atoms with Crippen molar-refractivity contribution in [1.29, 1.82) is 0 Å². The number of aliphatic hydroxyl groups is 1. The third kappa shape index (κ3) is 4.12. The van der Waals surface area contributed by atoms with Gasteiger partial charge in [-0.15, -0.1) is 0 Å². The number of anilines is 1. The highest BCUT2D eigenvalue weighted by Gasteiger charge is 2.37. The quantitative estimate of drug-likeness (QED) is 0.745. The zero-order chi connectivity index (χ0) is 21.9. The molecule has 0 unspecified atom stereocenters. The van der Waals surface area contributed by atoms with Crippen molar-refractivity contribution in [3.8, 4) is 11.3 Å². The van der Waals surface area contributed by atoms with Crippen LogP contribution in [0.2, 0.25) is 0 Å². The number of rotatable bonds is 6. The molecular weight excluding hydrogens is 404 g/mol. The molecule has 0 aromatic carbocycles. The Kier molecular flexibility index (Phi) is 6.39. The maximum atomic E-state index is 13.5. The van der Waals surface area contributed by atoms with Crippen molar-refractivity contribution in [2.45, 2.75) is 70.4 Å². The van der Waals surface area contributed by atoms with Gasteiger partial charge >= 0.3 is 0 Å². The van der Waals surface area contributed by atoms with Crippen LogP contribution in [0.15, 0.2) is 18.5 Å². The molecule has 1 saturated carbocycles. The van der Waals surface area contributed by atoms with E-state index in [1.165, 1.54) is 19.3 Å². The molecule has 3 aliphatic rings. The summed E-state index contributed by atoms with van der Waals surface area (Å²) < 4.78 is 1.88. The number of amides is 1. The van der Waals surface area contributed by atoms with Crippen LogP contribution in [0.25, 0.3) is 11.3 Å². The average molecular weight is 439 g/mol. The van der Waals surface area contributed by atoms with E-state index in [0.717, 1.165) is 81.1 Å². The summed E-state index contributed by atoms with van der Waals surface area (Å²) in [4.78, 5) is 27.2. The van der Waals surface area contributed by atoms with E-state index in [1.54, 1.807) is 0 Å². The molecule has 32 heavy (non-hydrogen) atoms. The van der Waals surface area contributed by atoms with E-state index < -0.39 is 0 Å². The van der Waals surface area contributed by atoms with Crippen molar-refractivity contribution in [1.82, 2.24) is 24.6 Å². The Labute approximate surface area is 189 Å². The van der Waals surface area contributed by atoms with Crippen LogP contribution in [0.5, 0.6) is 0 Å². The number of hydrogen-bond acceptors (Lipinski definition) is 6. The molecule has 8 nitrogen and oxygen atoms in total. The Bertz CT molecular complexity index is 932. The molecule has 1 aliphatic carbocycles. The van der Waals surface area contributed by atoms with E-state index in [9.17, 15) is 9.90 Å². The molecule has 1 atom stereocenters. The van der Waals surface area contributed by atoms with Crippen LogP contribution >= 0.6 is 0 Å². The molecule has 2 aliphatic heterocycles. The minimum absolute atomic E-state index is 0.0141. The summed E-state index contributed by atoms with van der Waals surface area (Å²) in [6.07, 6.45) is 13.5. The minimum atomic E-state index is -0.0151. The second kappa shape index (κ2) is 9.57. The number of carbonyl (C=O) groups is 1. The molecular formula is C24H34N6O2. The summed E-state index contributed by atoms with van der Waals surface area (Å²) in [5.74, 6) is 1.22. The lowest BCUT2D eigenvalue weighted by Crippen LogP contribution is -2.37. The van der Waals surface area contributed by atoms with E-state index in [4.69, 9.17) is 4.98 Å². The molecule has 0 spiro atoms. The van der Waals surface area contributed by atoms with Gasteiger partial charge in [-0.05, 0) is 44.6 Å². The zero-order valence-corrected chi connectivity index (χ0v) is 18.8. The Morgan fingerprint density at radius 1 is 1.03 bits per heavy atom. The number of likely N-dealkylation sites (tertiary alicyclic amines) is 1. The SMILES string of the molecule is O=C(C1CCCCC1)N1CCC[C@@H]1c1c(-c2ccnc(N3CCCC3)n2)cnn1CCO. The molecule has 3 fully saturated rings. The first-order valence-electron chi connectivity index (χ1n) is 12.3. The third-order valence-corrected chi connectivity index (χ3v) is 7.31. The second-order valence-corrected chi connectivity index (χ2v) is 9.35. The Balaban J connectivity index is 1.48. The molecule has 0 bridgehead atoms. The van der Waals surface area contributed by atoms with Gasteiger partial charge in [0.15, 0.2) is 0 Å². The van der Waals surface area contributed by atoms with Gasteiger partial charge in [0.1, 0.15) is 0 Å². The van der Waals surface area contributed by atoms with Crippen LogP contribution < -0.4 is 4.90 Å². The number of nitrogens with zero attached hydrogens (tertiary/aromatic N) is 6. The van der Waals surface area contributed by atoms with Crippen molar-refractivity contribution in [3.63, 3.8) is 0 Å². The van der Waals surface area contributed by atoms with Gasteiger partial charge in [-0.1, -0.05) is 19.3 Å². The van der Waals surface area contributed by atoms with Crippen LogP contribution in [-0.4, -0.2) is 61.9 Å². The van der Waals surface area contributed by atoms with Crippen LogP contribution in [0, 0.1) is 5.92 Å². The van der Waals surface area contributed by atoms with Crippen molar-refractivity contribution in [2.75, 3.05) is 31.1 Å². The maximum absolute atomic E-state index is 13.5. The van der Waals surface area contributed by atoms with Crippen molar-refractivity contribution in [3.05, 3.63) is 24.2 Å². The lowest BCUT2D eigenvalue weighted by atomic mass is 9.88. The molecule has 2 aromatic heterocycles. The van der Waals surface area contributed by atoms with Crippen molar-refractivity contribution < 1.29 is 9.90 Å². The largest absolute Gasteiger partial charge is 0.394 e. The van der Waals surface area contributed by atoms with E-state index in [1.807, 2.05) is 23.1 Å². The van der Waals surface area contributed by atoms with Gasteiger partial charge in [0, 0.05) is 37.3 Å². The highest BCUT2D eigenvalue weighted by molar-refractivity contribution is 5.80. The number of carbonyl (C=O) groups excluding carboxylic acids is 1. The topological polar surface area (TPSA) is 87.4 Å². The normalized spacial score (nSPS) is 22.1. The molecule has 1 N–H and O–H groups in total. The van der Waals surface area contributed by atoms with Gasteiger partial charge in [-0.25, -0.2) is 9.97 Å². The third-order valence-electron chi connectivity index (χ3n) is 7.31. The van der Waals surface area contributed by atoms with Gasteiger partial charge in [-0.3, -0.25) is 9.48 Å². The molecule has 4 heterocycles. The fourth-order valence-electron chi connectivity index (χ4n) is 5.68. The smallest absolute Gasteiger partial charge is 0.226 e. The highest BCUT2D eigenvalue weighted by Crippen LogP contribution is 2.39. The average Bonchev–Trinajstić information content (AvgIpc) is 3.60. The Hall–Kier alpha value is -2.48. The highest BCUT2D eigenvalue weighted by atomic mass is 16.3. The van der Waals surface area contributed by atoms with Gasteiger partial charge < -0.3 is 14.9 Å². The van der Waals surface area contributed by atoms with Crippen LogP contribution in [0.4, 0.5) is 5.95 Å². The molecule has 2 saturated heterocycles. The fraction of sp³-hybridized carbons (Fsp3) is 0.667.